The molecular weight excluding hydrogens is 540 g/mol. The number of benzene rings is 2. The maximum absolute atomic E-state index is 13.8. The lowest BCUT2D eigenvalue weighted by Gasteiger charge is -2.34. The third kappa shape index (κ3) is 3.60. The predicted molar refractivity (Wildman–Crippen MR) is 158 cm³/mol. The molecule has 0 spiro atoms. The van der Waals surface area contributed by atoms with E-state index in [-0.39, 0.29) is 0 Å². The number of hydrogen-bond donors (Lipinski definition) is 0. The van der Waals surface area contributed by atoms with Gasteiger partial charge in [0, 0.05) is 42.8 Å². The van der Waals surface area contributed by atoms with Crippen molar-refractivity contribution < 1.29 is 19.1 Å². The number of methoxy groups -OCH3 is 2. The maximum Gasteiger partial charge on any atom is 0.319 e. The Morgan fingerprint density at radius 3 is 1.43 bits per heavy atom. The molecule has 6 nitrogen and oxygen atoms in total. The first-order chi connectivity index (χ1) is 19.6. The van der Waals surface area contributed by atoms with Crippen LogP contribution < -0.4 is 0 Å². The van der Waals surface area contributed by atoms with E-state index in [1.807, 2.05) is 83.6 Å². The standard InChI is InChI=1S/C32H22N2O4S2/c1-37-31(35)27-25-23(21-13-7-15-39-21)17-9-3-6-12-20(17)34-30(25)28(32(36)38-2)26-24(22-14-8-16-40-22)18-10-4-5-11-19(18)33-29(26)27/h3-16,27-28H,1-2H3. The van der Waals surface area contributed by atoms with Crippen LogP contribution in [0.25, 0.3) is 42.7 Å². The molecule has 0 radical (unpaired) electrons. The molecule has 2 atom stereocenters. The largest absolute Gasteiger partial charge is 0.468 e. The fourth-order valence-electron chi connectivity index (χ4n) is 5.86. The average Bonchev–Trinajstić information content (AvgIpc) is 3.72. The Hall–Kier alpha value is -4.40. The van der Waals surface area contributed by atoms with Crippen LogP contribution in [0.1, 0.15) is 34.4 Å². The highest BCUT2D eigenvalue weighted by molar-refractivity contribution is 7.14. The molecule has 7 rings (SSSR count). The smallest absolute Gasteiger partial charge is 0.319 e. The zero-order chi connectivity index (χ0) is 27.4. The number of para-hydroxylation sites is 2. The maximum atomic E-state index is 13.8. The van der Waals surface area contributed by atoms with Crippen LogP contribution in [-0.2, 0) is 19.1 Å². The highest BCUT2D eigenvalue weighted by Gasteiger charge is 2.46. The summed E-state index contributed by atoms with van der Waals surface area (Å²) in [6, 6.07) is 23.6. The predicted octanol–water partition coefficient (Wildman–Crippen LogP) is 7.16. The summed E-state index contributed by atoms with van der Waals surface area (Å²) in [4.78, 5) is 39.7. The molecule has 6 aromatic rings. The minimum Gasteiger partial charge on any atom is -0.468 e. The Bertz CT molecular complexity index is 1790. The van der Waals surface area contributed by atoms with Gasteiger partial charge in [-0.05, 0) is 35.0 Å². The molecule has 2 aromatic carbocycles. The second kappa shape index (κ2) is 9.66. The van der Waals surface area contributed by atoms with Crippen LogP contribution in [0.5, 0.6) is 0 Å². The van der Waals surface area contributed by atoms with Crippen LogP contribution in [0.2, 0.25) is 0 Å². The first kappa shape index (κ1) is 24.6. The van der Waals surface area contributed by atoms with Gasteiger partial charge in [0.25, 0.3) is 0 Å². The van der Waals surface area contributed by atoms with Crippen molar-refractivity contribution in [2.75, 3.05) is 14.2 Å². The van der Waals surface area contributed by atoms with Crippen LogP contribution >= 0.6 is 22.7 Å². The lowest BCUT2D eigenvalue weighted by atomic mass is 9.72. The lowest BCUT2D eigenvalue weighted by molar-refractivity contribution is -0.143. The number of rotatable bonds is 4. The molecule has 0 saturated heterocycles. The van der Waals surface area contributed by atoms with Gasteiger partial charge in [-0.15, -0.1) is 22.7 Å². The van der Waals surface area contributed by atoms with E-state index >= 15 is 0 Å². The number of pyridine rings is 2. The first-order valence-corrected chi connectivity index (χ1v) is 14.5. The SMILES string of the molecule is COC(=O)C1c2nc3ccccc3c(-c3cccs3)c2C(C(=O)OC)c2nc3ccccc3c(-c3cccs3)c21. The quantitative estimate of drug-likeness (QED) is 0.212. The van der Waals surface area contributed by atoms with E-state index in [4.69, 9.17) is 19.4 Å². The first-order valence-electron chi connectivity index (χ1n) is 12.7. The minimum absolute atomic E-state index is 0.458. The number of fused-ring (bicyclic) bond motifs is 4. The zero-order valence-electron chi connectivity index (χ0n) is 21.6. The molecule has 40 heavy (non-hydrogen) atoms. The molecule has 0 bridgehead atoms. The summed E-state index contributed by atoms with van der Waals surface area (Å²) in [6.45, 7) is 0. The van der Waals surface area contributed by atoms with Crippen LogP contribution in [0.3, 0.4) is 0 Å². The topological polar surface area (TPSA) is 78.4 Å². The number of aromatic nitrogens is 2. The summed E-state index contributed by atoms with van der Waals surface area (Å²) in [5.74, 6) is -2.71. The molecular formula is C32H22N2O4S2. The molecule has 196 valence electrons. The second-order valence-electron chi connectivity index (χ2n) is 9.47. The van der Waals surface area contributed by atoms with Crippen LogP contribution in [0.15, 0.2) is 83.6 Å². The number of ether oxygens (including phenoxy) is 2. The van der Waals surface area contributed by atoms with Crippen molar-refractivity contribution in [1.29, 1.82) is 0 Å². The summed E-state index contributed by atoms with van der Waals surface area (Å²) in [7, 11) is 2.77. The fourth-order valence-corrected chi connectivity index (χ4v) is 7.45. The van der Waals surface area contributed by atoms with E-state index in [0.29, 0.717) is 22.5 Å². The normalized spacial score (nSPS) is 15.9. The van der Waals surface area contributed by atoms with Gasteiger partial charge < -0.3 is 9.47 Å². The van der Waals surface area contributed by atoms with Crippen LogP contribution in [0, 0.1) is 0 Å². The van der Waals surface area contributed by atoms with Gasteiger partial charge in [-0.25, -0.2) is 0 Å². The molecule has 0 aliphatic heterocycles. The van der Waals surface area contributed by atoms with E-state index < -0.39 is 23.8 Å². The van der Waals surface area contributed by atoms with Gasteiger partial charge in [0.15, 0.2) is 0 Å². The molecule has 4 aromatic heterocycles. The highest BCUT2D eigenvalue weighted by Crippen LogP contribution is 2.53. The molecule has 2 unspecified atom stereocenters. The summed E-state index contributed by atoms with van der Waals surface area (Å²) < 4.78 is 10.9. The van der Waals surface area contributed by atoms with Crippen molar-refractivity contribution in [2.24, 2.45) is 0 Å². The molecule has 0 amide bonds. The molecule has 1 aliphatic rings. The number of carbonyl (C=O) groups is 2. The van der Waals surface area contributed by atoms with E-state index in [1.54, 1.807) is 22.7 Å². The van der Waals surface area contributed by atoms with Gasteiger partial charge >= 0.3 is 11.9 Å². The molecule has 1 aliphatic carbocycles. The summed E-state index contributed by atoms with van der Waals surface area (Å²) in [5.41, 5.74) is 5.44. The Labute approximate surface area is 237 Å². The van der Waals surface area contributed by atoms with Crippen LogP contribution in [-0.4, -0.2) is 36.1 Å². The summed E-state index contributed by atoms with van der Waals surface area (Å²) >= 11 is 3.14. The monoisotopic (exact) mass is 562 g/mol. The second-order valence-corrected chi connectivity index (χ2v) is 11.4. The third-order valence-corrected chi connectivity index (χ3v) is 9.23. The molecule has 4 heterocycles. The van der Waals surface area contributed by atoms with Crippen molar-refractivity contribution in [2.45, 2.75) is 11.8 Å². The Balaban J connectivity index is 1.71. The van der Waals surface area contributed by atoms with Crippen molar-refractivity contribution in [3.05, 3.63) is 106 Å². The van der Waals surface area contributed by atoms with E-state index in [9.17, 15) is 9.59 Å². The van der Waals surface area contributed by atoms with Gasteiger partial charge in [-0.2, -0.15) is 0 Å². The number of hydrogen-bond acceptors (Lipinski definition) is 8. The fraction of sp³-hybridized carbons (Fsp3) is 0.125. The van der Waals surface area contributed by atoms with E-state index in [0.717, 1.165) is 42.7 Å². The number of esters is 2. The van der Waals surface area contributed by atoms with Crippen molar-refractivity contribution in [3.63, 3.8) is 0 Å². The Morgan fingerprint density at radius 2 is 1.05 bits per heavy atom. The minimum atomic E-state index is -0.895. The van der Waals surface area contributed by atoms with Gasteiger partial charge in [0.1, 0.15) is 11.8 Å². The zero-order valence-corrected chi connectivity index (χ0v) is 23.2. The van der Waals surface area contributed by atoms with Crippen molar-refractivity contribution in [1.82, 2.24) is 9.97 Å². The number of nitrogens with zero attached hydrogens (tertiary/aromatic N) is 2. The lowest BCUT2D eigenvalue weighted by Crippen LogP contribution is -2.32. The Kier molecular flexibility index (Phi) is 5.95. The number of thiophene rings is 2. The molecule has 0 fully saturated rings. The third-order valence-electron chi connectivity index (χ3n) is 7.45. The summed E-state index contributed by atoms with van der Waals surface area (Å²) in [5, 5.41) is 5.78. The molecule has 0 saturated carbocycles. The molecule has 0 N–H and O–H groups in total. The highest BCUT2D eigenvalue weighted by atomic mass is 32.1. The van der Waals surface area contributed by atoms with Crippen molar-refractivity contribution in [3.8, 4) is 20.9 Å². The van der Waals surface area contributed by atoms with Crippen LogP contribution in [0.4, 0.5) is 0 Å². The number of carbonyl (C=O) groups excluding carboxylic acids is 2. The van der Waals surface area contributed by atoms with Gasteiger partial charge in [-0.1, -0.05) is 48.5 Å². The average molecular weight is 563 g/mol. The van der Waals surface area contributed by atoms with E-state index in [2.05, 4.69) is 0 Å². The van der Waals surface area contributed by atoms with Gasteiger partial charge in [0.05, 0.1) is 36.6 Å². The van der Waals surface area contributed by atoms with Gasteiger partial charge in [0.2, 0.25) is 0 Å². The molecule has 8 heteroatoms. The van der Waals surface area contributed by atoms with Crippen molar-refractivity contribution >= 4 is 56.4 Å². The Morgan fingerprint density at radius 1 is 0.625 bits per heavy atom. The van der Waals surface area contributed by atoms with Gasteiger partial charge in [-0.3, -0.25) is 19.6 Å². The summed E-state index contributed by atoms with van der Waals surface area (Å²) in [6.07, 6.45) is 0. The van der Waals surface area contributed by atoms with E-state index in [1.165, 1.54) is 14.2 Å².